The van der Waals surface area contributed by atoms with Crippen molar-refractivity contribution in [1.29, 1.82) is 0 Å². The summed E-state index contributed by atoms with van der Waals surface area (Å²) in [6, 6.07) is 8.26. The number of rotatable bonds is 6. The number of likely N-dealkylation sites (N-methyl/N-ethyl adjacent to an activating group) is 1. The summed E-state index contributed by atoms with van der Waals surface area (Å²) < 4.78 is 7.06. The Morgan fingerprint density at radius 1 is 1.45 bits per heavy atom. The molecule has 0 aliphatic carbocycles. The van der Waals surface area contributed by atoms with E-state index in [0.717, 1.165) is 17.9 Å². The molecule has 0 bridgehead atoms. The fourth-order valence-corrected chi connectivity index (χ4v) is 2.35. The highest BCUT2D eigenvalue weighted by Crippen LogP contribution is 2.21. The average molecular weight is 274 g/mol. The Hall–Kier alpha value is -1.85. The molecule has 0 radical (unpaired) electrons. The summed E-state index contributed by atoms with van der Waals surface area (Å²) in [6.45, 7) is 1.38. The normalized spacial score (nSPS) is 12.7. The Labute approximate surface area is 119 Å². The third-order valence-corrected chi connectivity index (χ3v) is 3.43. The van der Waals surface area contributed by atoms with Crippen LogP contribution in [0.5, 0.6) is 5.75 Å². The van der Waals surface area contributed by atoms with Crippen LogP contribution in [0.1, 0.15) is 17.2 Å². The van der Waals surface area contributed by atoms with Gasteiger partial charge in [0.2, 0.25) is 0 Å². The van der Waals surface area contributed by atoms with Gasteiger partial charge in [0.15, 0.2) is 0 Å². The summed E-state index contributed by atoms with van der Waals surface area (Å²) in [5.74, 6) is 0.876. The first-order chi connectivity index (χ1) is 9.63. The lowest BCUT2D eigenvalue weighted by atomic mass is 10.1. The standard InChI is InChI=1S/C15H22N4O/c1-18(10-12-5-4-6-14(7-12)20-3)15(8-16)13-9-17-19(2)11-13/h4-7,9,11,15H,8,10,16H2,1-3H3. The summed E-state index contributed by atoms with van der Waals surface area (Å²) in [5, 5.41) is 4.22. The van der Waals surface area contributed by atoms with Gasteiger partial charge < -0.3 is 10.5 Å². The highest BCUT2D eigenvalue weighted by molar-refractivity contribution is 5.28. The zero-order valence-electron chi connectivity index (χ0n) is 12.3. The monoisotopic (exact) mass is 274 g/mol. The largest absolute Gasteiger partial charge is 0.497 e. The Morgan fingerprint density at radius 2 is 2.25 bits per heavy atom. The van der Waals surface area contributed by atoms with Crippen molar-refractivity contribution in [1.82, 2.24) is 14.7 Å². The van der Waals surface area contributed by atoms with Crippen LogP contribution in [0.25, 0.3) is 0 Å². The maximum absolute atomic E-state index is 5.92. The Bertz CT molecular complexity index is 552. The number of ether oxygens (including phenoxy) is 1. The molecule has 0 saturated heterocycles. The first kappa shape index (κ1) is 14.6. The van der Waals surface area contributed by atoms with E-state index < -0.39 is 0 Å². The molecule has 0 amide bonds. The maximum atomic E-state index is 5.92. The molecule has 1 aromatic carbocycles. The van der Waals surface area contributed by atoms with Crippen molar-refractivity contribution >= 4 is 0 Å². The molecule has 1 heterocycles. The fourth-order valence-electron chi connectivity index (χ4n) is 2.35. The molecular formula is C15H22N4O. The zero-order valence-corrected chi connectivity index (χ0v) is 12.3. The zero-order chi connectivity index (χ0) is 14.5. The fraction of sp³-hybridized carbons (Fsp3) is 0.400. The molecule has 0 fully saturated rings. The Morgan fingerprint density at radius 3 is 2.85 bits per heavy atom. The summed E-state index contributed by atoms with van der Waals surface area (Å²) in [6.07, 6.45) is 3.89. The second kappa shape index (κ2) is 6.54. The minimum Gasteiger partial charge on any atom is -0.497 e. The Balaban J connectivity index is 2.10. The number of benzene rings is 1. The topological polar surface area (TPSA) is 56.3 Å². The third kappa shape index (κ3) is 3.37. The van der Waals surface area contributed by atoms with Gasteiger partial charge in [-0.2, -0.15) is 5.10 Å². The van der Waals surface area contributed by atoms with E-state index in [1.54, 1.807) is 11.8 Å². The van der Waals surface area contributed by atoms with E-state index in [4.69, 9.17) is 10.5 Å². The molecule has 5 heteroatoms. The molecular weight excluding hydrogens is 252 g/mol. The maximum Gasteiger partial charge on any atom is 0.119 e. The number of aromatic nitrogens is 2. The molecule has 2 N–H and O–H groups in total. The van der Waals surface area contributed by atoms with E-state index in [1.165, 1.54) is 5.56 Å². The third-order valence-electron chi connectivity index (χ3n) is 3.43. The smallest absolute Gasteiger partial charge is 0.119 e. The molecule has 5 nitrogen and oxygen atoms in total. The minimum atomic E-state index is 0.162. The van der Waals surface area contributed by atoms with Gasteiger partial charge in [-0.05, 0) is 24.7 Å². The summed E-state index contributed by atoms with van der Waals surface area (Å²) in [7, 11) is 5.67. The van der Waals surface area contributed by atoms with Crippen LogP contribution < -0.4 is 10.5 Å². The molecule has 0 saturated carbocycles. The molecule has 1 atom stereocenters. The van der Waals surface area contributed by atoms with Crippen molar-refractivity contribution in [2.45, 2.75) is 12.6 Å². The quantitative estimate of drug-likeness (QED) is 0.868. The number of hydrogen-bond donors (Lipinski definition) is 1. The lowest BCUT2D eigenvalue weighted by Crippen LogP contribution is -2.30. The van der Waals surface area contributed by atoms with Gasteiger partial charge in [-0.15, -0.1) is 0 Å². The van der Waals surface area contributed by atoms with Crippen molar-refractivity contribution < 1.29 is 4.74 Å². The Kier molecular flexibility index (Phi) is 4.76. The van der Waals surface area contributed by atoms with Gasteiger partial charge in [0.25, 0.3) is 0 Å². The van der Waals surface area contributed by atoms with Crippen molar-refractivity contribution in [3.63, 3.8) is 0 Å². The first-order valence-corrected chi connectivity index (χ1v) is 6.66. The van der Waals surface area contributed by atoms with Gasteiger partial charge in [0.05, 0.1) is 19.3 Å². The number of nitrogens with two attached hydrogens (primary N) is 1. The van der Waals surface area contributed by atoms with E-state index in [2.05, 4.69) is 23.1 Å². The highest BCUT2D eigenvalue weighted by Gasteiger charge is 2.17. The minimum absolute atomic E-state index is 0.162. The number of hydrogen-bond acceptors (Lipinski definition) is 4. The molecule has 0 spiro atoms. The second-order valence-corrected chi connectivity index (χ2v) is 4.97. The van der Waals surface area contributed by atoms with Gasteiger partial charge in [-0.1, -0.05) is 12.1 Å². The lowest BCUT2D eigenvalue weighted by molar-refractivity contribution is 0.241. The van der Waals surface area contributed by atoms with Crippen LogP contribution in [-0.4, -0.2) is 35.4 Å². The van der Waals surface area contributed by atoms with E-state index in [1.807, 2.05) is 37.6 Å². The van der Waals surface area contributed by atoms with Gasteiger partial charge in [-0.3, -0.25) is 9.58 Å². The first-order valence-electron chi connectivity index (χ1n) is 6.66. The molecule has 0 aliphatic rings. The van der Waals surface area contributed by atoms with Crippen molar-refractivity contribution in [3.8, 4) is 5.75 Å². The van der Waals surface area contributed by atoms with Crippen LogP contribution >= 0.6 is 0 Å². The summed E-state index contributed by atoms with van der Waals surface area (Å²) in [4.78, 5) is 2.23. The molecule has 1 unspecified atom stereocenters. The number of aryl methyl sites for hydroxylation is 1. The molecule has 20 heavy (non-hydrogen) atoms. The molecule has 0 aliphatic heterocycles. The van der Waals surface area contributed by atoms with Crippen molar-refractivity contribution in [2.75, 3.05) is 20.7 Å². The van der Waals surface area contributed by atoms with Crippen LogP contribution in [0.4, 0.5) is 0 Å². The van der Waals surface area contributed by atoms with Crippen LogP contribution in [0.15, 0.2) is 36.7 Å². The predicted molar refractivity (Wildman–Crippen MR) is 79.5 cm³/mol. The number of methoxy groups -OCH3 is 1. The van der Waals surface area contributed by atoms with Gasteiger partial charge in [0, 0.05) is 31.9 Å². The van der Waals surface area contributed by atoms with Crippen LogP contribution in [0.3, 0.4) is 0 Å². The predicted octanol–water partition coefficient (Wildman–Crippen LogP) is 1.56. The van der Waals surface area contributed by atoms with E-state index in [0.29, 0.717) is 6.54 Å². The number of nitrogens with zero attached hydrogens (tertiary/aromatic N) is 3. The van der Waals surface area contributed by atoms with Crippen molar-refractivity contribution in [3.05, 3.63) is 47.8 Å². The molecule has 2 aromatic rings. The van der Waals surface area contributed by atoms with Gasteiger partial charge in [0.1, 0.15) is 5.75 Å². The van der Waals surface area contributed by atoms with E-state index in [-0.39, 0.29) is 6.04 Å². The van der Waals surface area contributed by atoms with Gasteiger partial charge in [-0.25, -0.2) is 0 Å². The van der Waals surface area contributed by atoms with Crippen LogP contribution in [-0.2, 0) is 13.6 Å². The van der Waals surface area contributed by atoms with Gasteiger partial charge >= 0.3 is 0 Å². The van der Waals surface area contributed by atoms with Crippen LogP contribution in [0, 0.1) is 0 Å². The van der Waals surface area contributed by atoms with Crippen molar-refractivity contribution in [2.24, 2.45) is 12.8 Å². The summed E-state index contributed by atoms with van der Waals surface area (Å²) in [5.41, 5.74) is 8.26. The van der Waals surface area contributed by atoms with Crippen LogP contribution in [0.2, 0.25) is 0 Å². The van der Waals surface area contributed by atoms with E-state index >= 15 is 0 Å². The molecule has 108 valence electrons. The average Bonchev–Trinajstić information content (AvgIpc) is 2.86. The SMILES string of the molecule is COc1cccc(CN(C)C(CN)c2cnn(C)c2)c1. The molecule has 2 rings (SSSR count). The highest BCUT2D eigenvalue weighted by atomic mass is 16.5. The summed E-state index contributed by atoms with van der Waals surface area (Å²) >= 11 is 0. The van der Waals surface area contributed by atoms with E-state index in [9.17, 15) is 0 Å². The lowest BCUT2D eigenvalue weighted by Gasteiger charge is -2.26. The molecule has 1 aromatic heterocycles. The second-order valence-electron chi connectivity index (χ2n) is 4.97.